The van der Waals surface area contributed by atoms with E-state index >= 15 is 0 Å². The quantitative estimate of drug-likeness (QED) is 0.712. The molecular weight excluding hydrogens is 190 g/mol. The number of hydrogen-bond acceptors (Lipinski definition) is 5. The van der Waals surface area contributed by atoms with Crippen LogP contribution in [0, 0.1) is 0 Å². The fourth-order valence-corrected chi connectivity index (χ4v) is 1.66. The van der Waals surface area contributed by atoms with Crippen LogP contribution in [-0.4, -0.2) is 28.6 Å². The van der Waals surface area contributed by atoms with Crippen LogP contribution in [0.2, 0.25) is 0 Å². The summed E-state index contributed by atoms with van der Waals surface area (Å²) >= 11 is 1.49. The van der Waals surface area contributed by atoms with Crippen molar-refractivity contribution in [3.05, 3.63) is 16.6 Å². The summed E-state index contributed by atoms with van der Waals surface area (Å²) in [6.07, 6.45) is 1.69. The molecule has 1 aliphatic rings. The molecule has 1 amide bonds. The molecule has 2 N–H and O–H groups in total. The van der Waals surface area contributed by atoms with Crippen molar-refractivity contribution in [2.75, 3.05) is 6.61 Å². The highest BCUT2D eigenvalue weighted by molar-refractivity contribution is 7.09. The number of carbonyl (C=O) groups excluding carboxylic acids is 1. The zero-order valence-corrected chi connectivity index (χ0v) is 7.66. The Bertz CT molecular complexity index is 301. The summed E-state index contributed by atoms with van der Waals surface area (Å²) in [6.45, 7) is 0.661. The number of carbonyl (C=O) groups is 1. The predicted octanol–water partition coefficient (Wildman–Crippen LogP) is -0.256. The van der Waals surface area contributed by atoms with E-state index in [0.717, 1.165) is 5.01 Å². The zero-order valence-electron chi connectivity index (χ0n) is 6.84. The summed E-state index contributed by atoms with van der Waals surface area (Å²) < 4.78 is 0. The van der Waals surface area contributed by atoms with Crippen molar-refractivity contribution in [2.24, 2.45) is 5.73 Å². The van der Waals surface area contributed by atoms with Crippen LogP contribution in [0.3, 0.4) is 0 Å². The smallest absolute Gasteiger partial charge is 0.265 e. The Balaban J connectivity index is 2.00. The highest BCUT2D eigenvalue weighted by atomic mass is 32.1. The normalized spacial score (nSPS) is 22.7. The lowest BCUT2D eigenvalue weighted by Gasteiger charge is -2.11. The van der Waals surface area contributed by atoms with Crippen molar-refractivity contribution < 1.29 is 9.63 Å². The van der Waals surface area contributed by atoms with Crippen LogP contribution in [0.15, 0.2) is 11.6 Å². The van der Waals surface area contributed by atoms with E-state index in [1.807, 2.05) is 5.38 Å². The number of aromatic nitrogens is 1. The highest BCUT2D eigenvalue weighted by Crippen LogP contribution is 2.13. The molecule has 0 saturated carbocycles. The van der Waals surface area contributed by atoms with Crippen molar-refractivity contribution in [1.82, 2.24) is 10.0 Å². The second kappa shape index (κ2) is 3.41. The molecule has 0 aliphatic carbocycles. The molecule has 1 atom stereocenters. The Morgan fingerprint density at radius 2 is 2.69 bits per heavy atom. The Labute approximate surface area is 79.1 Å². The van der Waals surface area contributed by atoms with E-state index in [-0.39, 0.29) is 12.5 Å². The van der Waals surface area contributed by atoms with Crippen LogP contribution in [0.25, 0.3) is 0 Å². The standard InChI is InChI=1S/C7H9N3O2S/c8-5-4-12-10(7(5)11)3-6-9-1-2-13-6/h1-2,5H,3-4,8H2. The van der Waals surface area contributed by atoms with Crippen LogP contribution in [0.1, 0.15) is 5.01 Å². The summed E-state index contributed by atoms with van der Waals surface area (Å²) in [6, 6.07) is -0.514. The Morgan fingerprint density at radius 1 is 1.85 bits per heavy atom. The summed E-state index contributed by atoms with van der Waals surface area (Å²) in [5.41, 5.74) is 5.46. The van der Waals surface area contributed by atoms with Gasteiger partial charge in [-0.2, -0.15) is 0 Å². The van der Waals surface area contributed by atoms with E-state index in [0.29, 0.717) is 6.54 Å². The zero-order chi connectivity index (χ0) is 9.26. The van der Waals surface area contributed by atoms with E-state index < -0.39 is 6.04 Å². The van der Waals surface area contributed by atoms with Crippen molar-refractivity contribution in [1.29, 1.82) is 0 Å². The third-order valence-electron chi connectivity index (χ3n) is 1.74. The molecule has 1 aromatic rings. The van der Waals surface area contributed by atoms with Crippen LogP contribution >= 0.6 is 11.3 Å². The largest absolute Gasteiger partial charge is 0.318 e. The predicted molar refractivity (Wildman–Crippen MR) is 46.6 cm³/mol. The average molecular weight is 199 g/mol. The van der Waals surface area contributed by atoms with Gasteiger partial charge in [-0.15, -0.1) is 11.3 Å². The fraction of sp³-hybridized carbons (Fsp3) is 0.429. The van der Waals surface area contributed by atoms with Crippen molar-refractivity contribution in [3.63, 3.8) is 0 Å². The third kappa shape index (κ3) is 1.69. The number of hydrogen-bond donors (Lipinski definition) is 1. The number of nitrogens with two attached hydrogens (primary N) is 1. The lowest BCUT2D eigenvalue weighted by atomic mass is 10.3. The maximum Gasteiger partial charge on any atom is 0.265 e. The molecule has 2 heterocycles. The van der Waals surface area contributed by atoms with Gasteiger partial charge in [0, 0.05) is 11.6 Å². The number of hydroxylamine groups is 2. The molecule has 1 aromatic heterocycles. The molecule has 0 spiro atoms. The molecule has 0 radical (unpaired) electrons. The summed E-state index contributed by atoms with van der Waals surface area (Å²) in [4.78, 5) is 20.4. The maximum atomic E-state index is 11.3. The summed E-state index contributed by atoms with van der Waals surface area (Å²) in [7, 11) is 0. The summed E-state index contributed by atoms with van der Waals surface area (Å²) in [5.74, 6) is -0.171. The van der Waals surface area contributed by atoms with E-state index in [4.69, 9.17) is 10.6 Å². The molecule has 1 unspecified atom stereocenters. The van der Waals surface area contributed by atoms with Gasteiger partial charge in [0.05, 0.1) is 6.61 Å². The first-order valence-corrected chi connectivity index (χ1v) is 4.73. The highest BCUT2D eigenvalue weighted by Gasteiger charge is 2.30. The molecule has 0 aromatic carbocycles. The Morgan fingerprint density at radius 3 is 3.23 bits per heavy atom. The van der Waals surface area contributed by atoms with Gasteiger partial charge >= 0.3 is 0 Å². The third-order valence-corrected chi connectivity index (χ3v) is 2.50. The second-order valence-corrected chi connectivity index (χ2v) is 3.68. The number of rotatable bonds is 2. The number of nitrogens with zero attached hydrogens (tertiary/aromatic N) is 2. The average Bonchev–Trinajstić information content (AvgIpc) is 2.71. The lowest BCUT2D eigenvalue weighted by Crippen LogP contribution is -2.34. The molecule has 0 bridgehead atoms. The minimum Gasteiger partial charge on any atom is -0.318 e. The second-order valence-electron chi connectivity index (χ2n) is 2.70. The van der Waals surface area contributed by atoms with Gasteiger partial charge in [-0.3, -0.25) is 9.63 Å². The molecule has 2 rings (SSSR count). The van der Waals surface area contributed by atoms with E-state index in [2.05, 4.69) is 4.98 Å². The molecule has 1 saturated heterocycles. The van der Waals surface area contributed by atoms with Crippen molar-refractivity contribution in [2.45, 2.75) is 12.6 Å². The molecule has 1 aliphatic heterocycles. The van der Waals surface area contributed by atoms with Crippen LogP contribution in [-0.2, 0) is 16.2 Å². The Kier molecular flexibility index (Phi) is 2.26. The van der Waals surface area contributed by atoms with Gasteiger partial charge in [-0.05, 0) is 0 Å². The van der Waals surface area contributed by atoms with Crippen molar-refractivity contribution >= 4 is 17.2 Å². The van der Waals surface area contributed by atoms with Crippen LogP contribution < -0.4 is 5.73 Å². The molecule has 13 heavy (non-hydrogen) atoms. The van der Waals surface area contributed by atoms with Gasteiger partial charge in [0.25, 0.3) is 5.91 Å². The van der Waals surface area contributed by atoms with Gasteiger partial charge in [0.15, 0.2) is 0 Å². The fourth-order valence-electron chi connectivity index (χ4n) is 1.07. The number of thiazole rings is 1. The van der Waals surface area contributed by atoms with Gasteiger partial charge in [0.1, 0.15) is 17.6 Å². The molecule has 6 heteroatoms. The first-order chi connectivity index (χ1) is 6.27. The van der Waals surface area contributed by atoms with E-state index in [1.54, 1.807) is 6.20 Å². The maximum absolute atomic E-state index is 11.3. The van der Waals surface area contributed by atoms with Crippen molar-refractivity contribution in [3.8, 4) is 0 Å². The Hall–Kier alpha value is -0.980. The molecular formula is C7H9N3O2S. The first kappa shape index (κ1) is 8.61. The molecule has 70 valence electrons. The van der Waals surface area contributed by atoms with Gasteiger partial charge in [0.2, 0.25) is 0 Å². The number of amides is 1. The SMILES string of the molecule is NC1CON(Cc2nccs2)C1=O. The van der Waals surface area contributed by atoms with E-state index in [1.165, 1.54) is 16.4 Å². The minimum absolute atomic E-state index is 0.171. The minimum atomic E-state index is -0.514. The topological polar surface area (TPSA) is 68.5 Å². The van der Waals surface area contributed by atoms with Crippen LogP contribution in [0.5, 0.6) is 0 Å². The lowest BCUT2D eigenvalue weighted by molar-refractivity contribution is -0.164. The van der Waals surface area contributed by atoms with E-state index in [9.17, 15) is 4.79 Å². The molecule has 5 nitrogen and oxygen atoms in total. The van der Waals surface area contributed by atoms with Gasteiger partial charge in [-0.25, -0.2) is 10.0 Å². The monoisotopic (exact) mass is 199 g/mol. The summed E-state index contributed by atoms with van der Waals surface area (Å²) in [5, 5.41) is 3.97. The van der Waals surface area contributed by atoms with Gasteiger partial charge in [-0.1, -0.05) is 0 Å². The molecule has 1 fully saturated rings. The van der Waals surface area contributed by atoms with Crippen LogP contribution in [0.4, 0.5) is 0 Å². The first-order valence-electron chi connectivity index (χ1n) is 3.85. The van der Waals surface area contributed by atoms with Gasteiger partial charge < -0.3 is 5.73 Å².